The average molecular weight is 324 g/mol. The molecule has 1 aliphatic carbocycles. The lowest BCUT2D eigenvalue weighted by molar-refractivity contribution is 0.156. The molecule has 24 heavy (non-hydrogen) atoms. The third kappa shape index (κ3) is 4.15. The first-order valence-electron chi connectivity index (χ1n) is 8.38. The molecule has 2 aromatic carbocycles. The van der Waals surface area contributed by atoms with Gasteiger partial charge in [0.25, 0.3) is 0 Å². The van der Waals surface area contributed by atoms with Crippen molar-refractivity contribution in [3.05, 3.63) is 66.2 Å². The van der Waals surface area contributed by atoms with Gasteiger partial charge in [-0.2, -0.15) is 0 Å². The highest BCUT2D eigenvalue weighted by Crippen LogP contribution is 2.43. The minimum absolute atomic E-state index is 0.315. The van der Waals surface area contributed by atoms with Crippen LogP contribution in [0.3, 0.4) is 0 Å². The summed E-state index contributed by atoms with van der Waals surface area (Å²) in [6, 6.07) is 20.4. The van der Waals surface area contributed by atoms with Crippen molar-refractivity contribution < 1.29 is 9.53 Å². The second kappa shape index (κ2) is 7.49. The molecular weight excluding hydrogens is 300 g/mol. The summed E-state index contributed by atoms with van der Waals surface area (Å²) in [5.74, 6) is 1.20. The molecule has 126 valence electrons. The van der Waals surface area contributed by atoms with Crippen molar-refractivity contribution >= 4 is 6.09 Å². The zero-order valence-corrected chi connectivity index (χ0v) is 14.3. The monoisotopic (exact) mass is 324 g/mol. The smallest absolute Gasteiger partial charge is 0.410 e. The fourth-order valence-electron chi connectivity index (χ4n) is 2.96. The normalized spacial score (nSPS) is 19.1. The van der Waals surface area contributed by atoms with Crippen LogP contribution in [0.15, 0.2) is 60.7 Å². The fourth-order valence-corrected chi connectivity index (χ4v) is 2.96. The Kier molecular flexibility index (Phi) is 5.16. The van der Waals surface area contributed by atoms with E-state index in [1.807, 2.05) is 18.2 Å². The molecule has 2 aromatic rings. The summed E-state index contributed by atoms with van der Waals surface area (Å²) in [6.07, 6.45) is 0.878. The van der Waals surface area contributed by atoms with Gasteiger partial charge in [0, 0.05) is 32.1 Å². The third-order valence-corrected chi connectivity index (χ3v) is 4.60. The van der Waals surface area contributed by atoms with Gasteiger partial charge < -0.3 is 14.5 Å². The molecule has 1 aliphatic rings. The molecule has 1 fully saturated rings. The predicted molar refractivity (Wildman–Crippen MR) is 95.3 cm³/mol. The Bertz CT molecular complexity index is 660. The van der Waals surface area contributed by atoms with Crippen LogP contribution in [0.4, 0.5) is 4.79 Å². The fraction of sp³-hybridized carbons (Fsp3) is 0.350. The molecule has 2 unspecified atom stereocenters. The van der Waals surface area contributed by atoms with Crippen LogP contribution in [0.2, 0.25) is 0 Å². The number of amides is 1. The van der Waals surface area contributed by atoms with Crippen LogP contribution in [0, 0.1) is 0 Å². The van der Waals surface area contributed by atoms with Gasteiger partial charge in [0.2, 0.25) is 0 Å². The first-order valence-corrected chi connectivity index (χ1v) is 8.38. The van der Waals surface area contributed by atoms with Crippen LogP contribution in [-0.2, 0) is 0 Å². The molecular formula is C20H24N2O2. The number of hydrogen-bond acceptors (Lipinski definition) is 3. The number of rotatable bonds is 6. The van der Waals surface area contributed by atoms with E-state index >= 15 is 0 Å². The Morgan fingerprint density at radius 3 is 2.29 bits per heavy atom. The molecule has 0 radical (unpaired) electrons. The molecule has 3 rings (SSSR count). The lowest BCUT2D eigenvalue weighted by Gasteiger charge is -2.22. The quantitative estimate of drug-likeness (QED) is 0.814. The van der Waals surface area contributed by atoms with Gasteiger partial charge in [0.15, 0.2) is 0 Å². The molecule has 2 atom stereocenters. The molecule has 4 nitrogen and oxygen atoms in total. The first-order chi connectivity index (χ1) is 11.6. The van der Waals surface area contributed by atoms with Crippen molar-refractivity contribution in [2.24, 2.45) is 0 Å². The van der Waals surface area contributed by atoms with Crippen molar-refractivity contribution in [3.8, 4) is 5.75 Å². The van der Waals surface area contributed by atoms with Crippen LogP contribution in [-0.4, -0.2) is 49.1 Å². The topological polar surface area (TPSA) is 32.8 Å². The zero-order valence-electron chi connectivity index (χ0n) is 14.3. The molecule has 4 heteroatoms. The van der Waals surface area contributed by atoms with E-state index in [1.54, 1.807) is 24.1 Å². The lowest BCUT2D eigenvalue weighted by Crippen LogP contribution is -2.37. The Labute approximate surface area is 143 Å². The van der Waals surface area contributed by atoms with Crippen molar-refractivity contribution in [3.63, 3.8) is 0 Å². The molecule has 0 aromatic heterocycles. The Balaban J connectivity index is 1.43. The van der Waals surface area contributed by atoms with Crippen LogP contribution in [0.5, 0.6) is 5.75 Å². The molecule has 1 saturated carbocycles. The number of carbonyl (C=O) groups is 1. The van der Waals surface area contributed by atoms with E-state index in [0.717, 1.165) is 6.54 Å². The minimum atomic E-state index is -0.315. The van der Waals surface area contributed by atoms with Gasteiger partial charge in [-0.1, -0.05) is 48.5 Å². The number of carbonyl (C=O) groups excluding carboxylic acids is 1. The maximum atomic E-state index is 12.1. The van der Waals surface area contributed by atoms with Crippen molar-refractivity contribution in [2.75, 3.05) is 27.2 Å². The lowest BCUT2D eigenvalue weighted by atomic mass is 10.1. The second-order valence-electron chi connectivity index (χ2n) is 6.40. The van der Waals surface area contributed by atoms with Crippen LogP contribution in [0.1, 0.15) is 17.9 Å². The number of likely N-dealkylation sites (N-methyl/N-ethyl adjacent to an activating group) is 2. The Morgan fingerprint density at radius 2 is 1.62 bits per heavy atom. The largest absolute Gasteiger partial charge is 0.415 e. The summed E-state index contributed by atoms with van der Waals surface area (Å²) in [6.45, 7) is 1.49. The van der Waals surface area contributed by atoms with E-state index in [0.29, 0.717) is 24.3 Å². The standard InChI is InChI=1S/C20H24N2O2/c1-21(19-15-18(19)16-9-5-3-6-10-16)13-14-22(2)20(23)24-17-11-7-4-8-12-17/h3-12,18-19H,13-15H2,1-2H3. The maximum absolute atomic E-state index is 12.1. The number of ether oxygens (including phenoxy) is 1. The Morgan fingerprint density at radius 1 is 1.00 bits per heavy atom. The summed E-state index contributed by atoms with van der Waals surface area (Å²) in [5.41, 5.74) is 1.41. The van der Waals surface area contributed by atoms with Gasteiger partial charge in [-0.3, -0.25) is 0 Å². The number of para-hydroxylation sites is 1. The summed E-state index contributed by atoms with van der Waals surface area (Å²) in [5, 5.41) is 0. The van der Waals surface area contributed by atoms with Crippen LogP contribution in [0.25, 0.3) is 0 Å². The summed E-state index contributed by atoms with van der Waals surface area (Å²) >= 11 is 0. The van der Waals surface area contributed by atoms with Crippen molar-refractivity contribution in [1.29, 1.82) is 0 Å². The molecule has 1 amide bonds. The van der Waals surface area contributed by atoms with E-state index in [1.165, 1.54) is 12.0 Å². The highest BCUT2D eigenvalue weighted by molar-refractivity contribution is 5.70. The SMILES string of the molecule is CN(CCN(C)C1CC1c1ccccc1)C(=O)Oc1ccccc1. The van der Waals surface area contributed by atoms with E-state index in [-0.39, 0.29) is 6.09 Å². The summed E-state index contributed by atoms with van der Waals surface area (Å²) < 4.78 is 5.34. The molecule has 0 bridgehead atoms. The van der Waals surface area contributed by atoms with Crippen molar-refractivity contribution in [1.82, 2.24) is 9.80 Å². The van der Waals surface area contributed by atoms with Crippen molar-refractivity contribution in [2.45, 2.75) is 18.4 Å². The van der Waals surface area contributed by atoms with Gasteiger partial charge >= 0.3 is 6.09 Å². The number of nitrogens with zero attached hydrogens (tertiary/aromatic N) is 2. The van der Waals surface area contributed by atoms with Crippen LogP contribution >= 0.6 is 0 Å². The third-order valence-electron chi connectivity index (χ3n) is 4.60. The number of hydrogen-bond donors (Lipinski definition) is 0. The second-order valence-corrected chi connectivity index (χ2v) is 6.40. The van der Waals surface area contributed by atoms with E-state index in [4.69, 9.17) is 4.74 Å². The highest BCUT2D eigenvalue weighted by atomic mass is 16.6. The zero-order chi connectivity index (χ0) is 16.9. The van der Waals surface area contributed by atoms with E-state index < -0.39 is 0 Å². The molecule has 0 aliphatic heterocycles. The van der Waals surface area contributed by atoms with Gasteiger partial charge in [-0.15, -0.1) is 0 Å². The molecule has 0 saturated heterocycles. The Hall–Kier alpha value is -2.33. The van der Waals surface area contributed by atoms with Gasteiger partial charge in [0.1, 0.15) is 5.75 Å². The average Bonchev–Trinajstić information content (AvgIpc) is 3.42. The maximum Gasteiger partial charge on any atom is 0.415 e. The number of benzene rings is 2. The highest BCUT2D eigenvalue weighted by Gasteiger charge is 2.40. The van der Waals surface area contributed by atoms with E-state index in [2.05, 4.69) is 42.3 Å². The first kappa shape index (κ1) is 16.5. The summed E-state index contributed by atoms with van der Waals surface area (Å²) in [4.78, 5) is 16.0. The molecule has 0 spiro atoms. The molecule has 0 N–H and O–H groups in total. The minimum Gasteiger partial charge on any atom is -0.410 e. The van der Waals surface area contributed by atoms with Gasteiger partial charge in [-0.25, -0.2) is 4.79 Å². The summed E-state index contributed by atoms with van der Waals surface area (Å²) in [7, 11) is 3.91. The van der Waals surface area contributed by atoms with Crippen LogP contribution < -0.4 is 4.74 Å². The van der Waals surface area contributed by atoms with E-state index in [9.17, 15) is 4.79 Å². The molecule has 0 heterocycles. The van der Waals surface area contributed by atoms with Gasteiger partial charge in [0.05, 0.1) is 0 Å². The van der Waals surface area contributed by atoms with Gasteiger partial charge in [-0.05, 0) is 31.2 Å². The predicted octanol–water partition coefficient (Wildman–Crippen LogP) is 3.61.